The first-order valence-electron chi connectivity index (χ1n) is 7.01. The van der Waals surface area contributed by atoms with Crippen molar-refractivity contribution in [2.45, 2.75) is 19.8 Å². The molecule has 0 saturated carbocycles. The molecule has 1 aromatic heterocycles. The molecule has 1 unspecified atom stereocenters. The summed E-state index contributed by atoms with van der Waals surface area (Å²) in [6, 6.07) is 7.94. The molecule has 1 aliphatic rings. The monoisotopic (exact) mass is 322 g/mol. The molecule has 1 aliphatic heterocycles. The van der Waals surface area contributed by atoms with Crippen LogP contribution in [0.2, 0.25) is 10.3 Å². The Kier molecular flexibility index (Phi) is 4.43. The lowest BCUT2D eigenvalue weighted by molar-refractivity contribution is 0.185. The first-order valence-corrected chi connectivity index (χ1v) is 7.76. The summed E-state index contributed by atoms with van der Waals surface area (Å²) in [5.41, 5.74) is 2.79. The molecule has 3 rings (SSSR count). The van der Waals surface area contributed by atoms with Gasteiger partial charge in [-0.25, -0.2) is 9.97 Å². The van der Waals surface area contributed by atoms with Gasteiger partial charge in [0, 0.05) is 19.6 Å². The Hall–Kier alpha value is -1.16. The van der Waals surface area contributed by atoms with Crippen molar-refractivity contribution in [3.8, 4) is 11.1 Å². The topological polar surface area (TPSA) is 35.0 Å². The van der Waals surface area contributed by atoms with Crippen molar-refractivity contribution in [2.75, 3.05) is 13.2 Å². The molecule has 0 N–H and O–H groups in total. The molecular formula is C16H16Cl2N2O. The highest BCUT2D eigenvalue weighted by Gasteiger charge is 2.20. The van der Waals surface area contributed by atoms with Crippen LogP contribution in [0, 0.1) is 12.8 Å². The van der Waals surface area contributed by atoms with E-state index in [-0.39, 0.29) is 0 Å². The third-order valence-corrected chi connectivity index (χ3v) is 4.32. The Morgan fingerprint density at radius 2 is 1.90 bits per heavy atom. The second-order valence-corrected chi connectivity index (χ2v) is 6.06. The van der Waals surface area contributed by atoms with Gasteiger partial charge in [0.2, 0.25) is 0 Å². The quantitative estimate of drug-likeness (QED) is 0.788. The number of hydrogen-bond donors (Lipinski definition) is 0. The number of ether oxygens (including phenoxy) is 1. The van der Waals surface area contributed by atoms with Gasteiger partial charge in [0.05, 0.1) is 5.56 Å². The van der Waals surface area contributed by atoms with Gasteiger partial charge in [0.15, 0.2) is 0 Å². The van der Waals surface area contributed by atoms with Gasteiger partial charge in [-0.3, -0.25) is 0 Å². The normalized spacial score (nSPS) is 18.1. The average molecular weight is 323 g/mol. The van der Waals surface area contributed by atoms with Gasteiger partial charge in [-0.1, -0.05) is 47.5 Å². The fourth-order valence-corrected chi connectivity index (χ4v) is 3.24. The third kappa shape index (κ3) is 3.20. The fraction of sp³-hybridized carbons (Fsp3) is 0.375. The number of aryl methyl sites for hydroxylation is 1. The van der Waals surface area contributed by atoms with Crippen LogP contribution in [-0.4, -0.2) is 23.2 Å². The van der Waals surface area contributed by atoms with Gasteiger partial charge in [-0.05, 0) is 30.4 Å². The van der Waals surface area contributed by atoms with Crippen LogP contribution in [-0.2, 0) is 11.2 Å². The van der Waals surface area contributed by atoms with E-state index in [2.05, 4.69) is 9.97 Å². The Balaban J connectivity index is 1.94. The highest BCUT2D eigenvalue weighted by molar-refractivity contribution is 6.37. The SMILES string of the molecule is Cc1ccccc1-c1c(Cl)nc(CC2CCOC2)nc1Cl. The van der Waals surface area contributed by atoms with Crippen LogP contribution in [0.15, 0.2) is 24.3 Å². The minimum atomic E-state index is 0.415. The van der Waals surface area contributed by atoms with Crippen LogP contribution in [0.25, 0.3) is 11.1 Å². The number of benzene rings is 1. The van der Waals surface area contributed by atoms with Crippen molar-refractivity contribution in [2.24, 2.45) is 5.92 Å². The molecule has 0 bridgehead atoms. The molecule has 110 valence electrons. The maximum atomic E-state index is 6.36. The van der Waals surface area contributed by atoms with Crippen molar-refractivity contribution in [3.63, 3.8) is 0 Å². The van der Waals surface area contributed by atoms with E-state index < -0.39 is 0 Å². The third-order valence-electron chi connectivity index (χ3n) is 3.78. The number of hydrogen-bond acceptors (Lipinski definition) is 3. The maximum Gasteiger partial charge on any atom is 0.142 e. The van der Waals surface area contributed by atoms with Crippen molar-refractivity contribution in [1.82, 2.24) is 9.97 Å². The molecule has 1 fully saturated rings. The highest BCUT2D eigenvalue weighted by atomic mass is 35.5. The maximum absolute atomic E-state index is 6.36. The summed E-state index contributed by atoms with van der Waals surface area (Å²) < 4.78 is 5.38. The van der Waals surface area contributed by atoms with E-state index in [1.807, 2.05) is 31.2 Å². The number of aromatic nitrogens is 2. The molecule has 3 nitrogen and oxygen atoms in total. The minimum absolute atomic E-state index is 0.415. The molecule has 1 saturated heterocycles. The summed E-state index contributed by atoms with van der Waals surface area (Å²) in [6.45, 7) is 3.59. The van der Waals surface area contributed by atoms with Crippen molar-refractivity contribution in [1.29, 1.82) is 0 Å². The van der Waals surface area contributed by atoms with Crippen LogP contribution >= 0.6 is 23.2 Å². The van der Waals surface area contributed by atoms with Crippen LogP contribution in [0.1, 0.15) is 17.8 Å². The van der Waals surface area contributed by atoms with Crippen LogP contribution in [0.3, 0.4) is 0 Å². The van der Waals surface area contributed by atoms with Crippen LogP contribution in [0.5, 0.6) is 0 Å². The molecule has 5 heteroatoms. The predicted octanol–water partition coefficient (Wildman–Crippen LogP) is 4.34. The number of halogens is 2. The summed E-state index contributed by atoms with van der Waals surface area (Å²) in [7, 11) is 0. The molecule has 1 aromatic carbocycles. The first kappa shape index (κ1) is 14.8. The Labute approximate surface area is 134 Å². The molecule has 21 heavy (non-hydrogen) atoms. The van der Waals surface area contributed by atoms with Crippen LogP contribution in [0.4, 0.5) is 0 Å². The minimum Gasteiger partial charge on any atom is -0.381 e. The van der Waals surface area contributed by atoms with Crippen molar-refractivity contribution in [3.05, 3.63) is 46.0 Å². The lowest BCUT2D eigenvalue weighted by Crippen LogP contribution is -2.08. The zero-order chi connectivity index (χ0) is 14.8. The van der Waals surface area contributed by atoms with E-state index in [4.69, 9.17) is 27.9 Å². The zero-order valence-corrected chi connectivity index (χ0v) is 13.3. The Morgan fingerprint density at radius 3 is 2.52 bits per heavy atom. The van der Waals surface area contributed by atoms with E-state index in [1.165, 1.54) is 0 Å². The number of rotatable bonds is 3. The molecule has 2 heterocycles. The van der Waals surface area contributed by atoms with E-state index in [0.29, 0.717) is 27.6 Å². The largest absolute Gasteiger partial charge is 0.381 e. The molecule has 0 spiro atoms. The fourth-order valence-electron chi connectivity index (χ4n) is 2.62. The lowest BCUT2D eigenvalue weighted by Gasteiger charge is -2.12. The summed E-state index contributed by atoms with van der Waals surface area (Å²) in [4.78, 5) is 8.86. The second-order valence-electron chi connectivity index (χ2n) is 5.35. The van der Waals surface area contributed by atoms with Gasteiger partial charge in [0.1, 0.15) is 16.1 Å². The summed E-state index contributed by atoms with van der Waals surface area (Å²) in [5.74, 6) is 1.15. The molecule has 1 atom stereocenters. The van der Waals surface area contributed by atoms with E-state index in [0.717, 1.165) is 37.2 Å². The van der Waals surface area contributed by atoms with Crippen LogP contribution < -0.4 is 0 Å². The summed E-state index contributed by atoms with van der Waals surface area (Å²) in [5, 5.41) is 0.830. The standard InChI is InChI=1S/C16H16Cl2N2O/c1-10-4-2-3-5-12(10)14-15(17)19-13(20-16(14)18)8-11-6-7-21-9-11/h2-5,11H,6-9H2,1H3. The zero-order valence-electron chi connectivity index (χ0n) is 11.8. The molecule has 0 amide bonds. The summed E-state index contributed by atoms with van der Waals surface area (Å²) >= 11 is 12.7. The van der Waals surface area contributed by atoms with E-state index >= 15 is 0 Å². The van der Waals surface area contributed by atoms with Gasteiger partial charge in [-0.15, -0.1) is 0 Å². The lowest BCUT2D eigenvalue weighted by atomic mass is 10.0. The molecule has 0 aliphatic carbocycles. The predicted molar refractivity (Wildman–Crippen MR) is 84.9 cm³/mol. The molecule has 2 aromatic rings. The molecule has 0 radical (unpaired) electrons. The second kappa shape index (κ2) is 6.30. The smallest absolute Gasteiger partial charge is 0.142 e. The highest BCUT2D eigenvalue weighted by Crippen LogP contribution is 2.34. The van der Waals surface area contributed by atoms with Crippen molar-refractivity contribution < 1.29 is 4.74 Å². The first-order chi connectivity index (χ1) is 10.1. The molecular weight excluding hydrogens is 307 g/mol. The number of nitrogens with zero attached hydrogens (tertiary/aromatic N) is 2. The van der Waals surface area contributed by atoms with Crippen molar-refractivity contribution >= 4 is 23.2 Å². The summed E-state index contributed by atoms with van der Waals surface area (Å²) in [6.07, 6.45) is 1.80. The average Bonchev–Trinajstić information content (AvgIpc) is 2.93. The van der Waals surface area contributed by atoms with Gasteiger partial charge in [-0.2, -0.15) is 0 Å². The van der Waals surface area contributed by atoms with E-state index in [9.17, 15) is 0 Å². The Bertz CT molecular complexity index is 631. The Morgan fingerprint density at radius 1 is 1.19 bits per heavy atom. The van der Waals surface area contributed by atoms with Gasteiger partial charge < -0.3 is 4.74 Å². The van der Waals surface area contributed by atoms with Gasteiger partial charge >= 0.3 is 0 Å². The van der Waals surface area contributed by atoms with Gasteiger partial charge in [0.25, 0.3) is 0 Å². The van der Waals surface area contributed by atoms with E-state index in [1.54, 1.807) is 0 Å².